The van der Waals surface area contributed by atoms with E-state index in [4.69, 9.17) is 5.11 Å². The molecule has 4 nitrogen and oxygen atoms in total. The SMILES string of the molecule is O=C(O)CCc1ccnc(-c2ccccc2F)n1. The minimum Gasteiger partial charge on any atom is -0.481 e. The molecule has 2 aromatic rings. The van der Waals surface area contributed by atoms with Crippen molar-refractivity contribution in [2.45, 2.75) is 12.8 Å². The molecule has 0 spiro atoms. The van der Waals surface area contributed by atoms with Crippen LogP contribution in [-0.4, -0.2) is 21.0 Å². The standard InChI is InChI=1S/C13H11FN2O2/c14-11-4-2-1-3-10(11)13-15-8-7-9(16-13)5-6-12(17)18/h1-4,7-8H,5-6H2,(H,17,18). The van der Waals surface area contributed by atoms with E-state index >= 15 is 0 Å². The van der Waals surface area contributed by atoms with Gasteiger partial charge in [0.25, 0.3) is 0 Å². The highest BCUT2D eigenvalue weighted by Crippen LogP contribution is 2.18. The summed E-state index contributed by atoms with van der Waals surface area (Å²) >= 11 is 0. The van der Waals surface area contributed by atoms with Crippen LogP contribution in [-0.2, 0) is 11.2 Å². The van der Waals surface area contributed by atoms with Gasteiger partial charge in [-0.05, 0) is 18.2 Å². The Morgan fingerprint density at radius 2 is 2.06 bits per heavy atom. The molecule has 0 bridgehead atoms. The Hall–Kier alpha value is -2.30. The Morgan fingerprint density at radius 3 is 2.78 bits per heavy atom. The lowest BCUT2D eigenvalue weighted by molar-refractivity contribution is -0.136. The van der Waals surface area contributed by atoms with Crippen LogP contribution in [0.25, 0.3) is 11.4 Å². The maximum atomic E-state index is 13.5. The number of nitrogens with zero attached hydrogens (tertiary/aromatic N) is 2. The van der Waals surface area contributed by atoms with E-state index in [1.54, 1.807) is 24.3 Å². The first-order valence-corrected chi connectivity index (χ1v) is 5.45. The van der Waals surface area contributed by atoms with Gasteiger partial charge in [-0.2, -0.15) is 0 Å². The molecule has 5 heteroatoms. The van der Waals surface area contributed by atoms with Gasteiger partial charge in [-0.15, -0.1) is 0 Å². The number of carboxylic acid groups (broad SMARTS) is 1. The van der Waals surface area contributed by atoms with E-state index in [-0.39, 0.29) is 12.2 Å². The van der Waals surface area contributed by atoms with Crippen molar-refractivity contribution in [3.63, 3.8) is 0 Å². The van der Waals surface area contributed by atoms with Crippen LogP contribution in [0.2, 0.25) is 0 Å². The van der Waals surface area contributed by atoms with Crippen LogP contribution in [0.3, 0.4) is 0 Å². The molecule has 92 valence electrons. The largest absolute Gasteiger partial charge is 0.481 e. The monoisotopic (exact) mass is 246 g/mol. The van der Waals surface area contributed by atoms with Crippen molar-refractivity contribution < 1.29 is 14.3 Å². The van der Waals surface area contributed by atoms with E-state index < -0.39 is 11.8 Å². The molecule has 0 radical (unpaired) electrons. The third kappa shape index (κ3) is 2.88. The van der Waals surface area contributed by atoms with Crippen LogP contribution in [0, 0.1) is 5.82 Å². The highest BCUT2D eigenvalue weighted by atomic mass is 19.1. The fourth-order valence-electron chi connectivity index (χ4n) is 1.54. The third-order valence-electron chi connectivity index (χ3n) is 2.42. The number of aromatic nitrogens is 2. The molecule has 1 aromatic carbocycles. The van der Waals surface area contributed by atoms with Crippen LogP contribution in [0.1, 0.15) is 12.1 Å². The summed E-state index contributed by atoms with van der Waals surface area (Å²) in [5.74, 6) is -1.01. The maximum Gasteiger partial charge on any atom is 0.303 e. The molecular formula is C13H11FN2O2. The van der Waals surface area contributed by atoms with Gasteiger partial charge in [0.05, 0.1) is 12.0 Å². The second-order valence-electron chi connectivity index (χ2n) is 3.75. The fraction of sp³-hybridized carbons (Fsp3) is 0.154. The van der Waals surface area contributed by atoms with E-state index in [2.05, 4.69) is 9.97 Å². The Balaban J connectivity index is 2.27. The van der Waals surface area contributed by atoms with Gasteiger partial charge in [0.15, 0.2) is 5.82 Å². The highest BCUT2D eigenvalue weighted by molar-refractivity contribution is 5.67. The molecule has 0 aliphatic carbocycles. The molecule has 0 saturated heterocycles. The zero-order chi connectivity index (χ0) is 13.0. The summed E-state index contributed by atoms with van der Waals surface area (Å²) in [6.45, 7) is 0. The van der Waals surface area contributed by atoms with Crippen LogP contribution in [0.15, 0.2) is 36.5 Å². The van der Waals surface area contributed by atoms with Gasteiger partial charge >= 0.3 is 5.97 Å². The minimum absolute atomic E-state index is 0.00623. The summed E-state index contributed by atoms with van der Waals surface area (Å²) in [6, 6.07) is 7.85. The second kappa shape index (κ2) is 5.35. The van der Waals surface area contributed by atoms with Gasteiger partial charge in [-0.25, -0.2) is 14.4 Å². The number of halogens is 1. The lowest BCUT2D eigenvalue weighted by Crippen LogP contribution is -2.01. The summed E-state index contributed by atoms with van der Waals surface area (Å²) < 4.78 is 13.5. The van der Waals surface area contributed by atoms with Crippen molar-refractivity contribution in [3.05, 3.63) is 48.0 Å². The van der Waals surface area contributed by atoms with Gasteiger partial charge in [-0.1, -0.05) is 12.1 Å². The molecule has 18 heavy (non-hydrogen) atoms. The Kier molecular flexibility index (Phi) is 3.62. The predicted octanol–water partition coefficient (Wildman–Crippen LogP) is 2.30. The third-order valence-corrected chi connectivity index (χ3v) is 2.42. The number of rotatable bonds is 4. The Bertz CT molecular complexity index is 572. The highest BCUT2D eigenvalue weighted by Gasteiger charge is 2.08. The molecule has 0 aliphatic rings. The lowest BCUT2D eigenvalue weighted by Gasteiger charge is -2.03. The predicted molar refractivity (Wildman–Crippen MR) is 63.4 cm³/mol. The van der Waals surface area contributed by atoms with E-state index in [1.165, 1.54) is 12.3 Å². The van der Waals surface area contributed by atoms with Crippen molar-refractivity contribution >= 4 is 5.97 Å². The van der Waals surface area contributed by atoms with Gasteiger partial charge in [0, 0.05) is 18.3 Å². The first kappa shape index (κ1) is 12.2. The topological polar surface area (TPSA) is 63.1 Å². The average Bonchev–Trinajstić information content (AvgIpc) is 2.37. The molecule has 1 aromatic heterocycles. The van der Waals surface area contributed by atoms with Gasteiger partial charge in [-0.3, -0.25) is 4.79 Å². The number of aryl methyl sites for hydroxylation is 1. The molecule has 2 rings (SSSR count). The molecule has 0 unspecified atom stereocenters. The first-order chi connectivity index (χ1) is 8.66. The quantitative estimate of drug-likeness (QED) is 0.899. The van der Waals surface area contributed by atoms with Crippen molar-refractivity contribution in [2.75, 3.05) is 0 Å². The van der Waals surface area contributed by atoms with Crippen LogP contribution >= 0.6 is 0 Å². The van der Waals surface area contributed by atoms with Crippen molar-refractivity contribution in [1.29, 1.82) is 0 Å². The molecule has 0 aliphatic heterocycles. The normalized spacial score (nSPS) is 10.3. The van der Waals surface area contributed by atoms with E-state index in [9.17, 15) is 9.18 Å². The summed E-state index contributed by atoms with van der Waals surface area (Å²) in [5.41, 5.74) is 0.903. The number of hydrogen-bond donors (Lipinski definition) is 1. The molecular weight excluding hydrogens is 235 g/mol. The van der Waals surface area contributed by atoms with Crippen LogP contribution in [0.5, 0.6) is 0 Å². The van der Waals surface area contributed by atoms with E-state index in [1.807, 2.05) is 0 Å². The molecule has 0 amide bonds. The zero-order valence-electron chi connectivity index (χ0n) is 9.51. The van der Waals surface area contributed by atoms with E-state index in [0.29, 0.717) is 17.7 Å². The summed E-state index contributed by atoms with van der Waals surface area (Å²) in [4.78, 5) is 18.6. The first-order valence-electron chi connectivity index (χ1n) is 5.45. The smallest absolute Gasteiger partial charge is 0.303 e. The number of aliphatic carboxylic acids is 1. The summed E-state index contributed by atoms with van der Waals surface area (Å²) in [5, 5.41) is 8.60. The molecule has 1 heterocycles. The van der Waals surface area contributed by atoms with Crippen molar-refractivity contribution in [1.82, 2.24) is 9.97 Å². The number of benzene rings is 1. The Morgan fingerprint density at radius 1 is 1.28 bits per heavy atom. The zero-order valence-corrected chi connectivity index (χ0v) is 9.51. The summed E-state index contributed by atoms with van der Waals surface area (Å²) in [6.07, 6.45) is 1.80. The van der Waals surface area contributed by atoms with Gasteiger partial charge < -0.3 is 5.11 Å². The Labute approximate surface area is 103 Å². The lowest BCUT2D eigenvalue weighted by atomic mass is 10.2. The average molecular weight is 246 g/mol. The molecule has 0 saturated carbocycles. The minimum atomic E-state index is -0.888. The summed E-state index contributed by atoms with van der Waals surface area (Å²) in [7, 11) is 0. The fourth-order valence-corrected chi connectivity index (χ4v) is 1.54. The van der Waals surface area contributed by atoms with Gasteiger partial charge in [0.1, 0.15) is 5.82 Å². The van der Waals surface area contributed by atoms with Crippen molar-refractivity contribution in [2.24, 2.45) is 0 Å². The molecule has 0 atom stereocenters. The van der Waals surface area contributed by atoms with Crippen LogP contribution < -0.4 is 0 Å². The van der Waals surface area contributed by atoms with E-state index in [0.717, 1.165) is 0 Å². The number of hydrogen-bond acceptors (Lipinski definition) is 3. The van der Waals surface area contributed by atoms with Crippen molar-refractivity contribution in [3.8, 4) is 11.4 Å². The second-order valence-corrected chi connectivity index (χ2v) is 3.75. The van der Waals surface area contributed by atoms with Gasteiger partial charge in [0.2, 0.25) is 0 Å². The van der Waals surface area contributed by atoms with Crippen LogP contribution in [0.4, 0.5) is 4.39 Å². The number of carbonyl (C=O) groups is 1. The molecule has 1 N–H and O–H groups in total. The number of carboxylic acids is 1. The molecule has 0 fully saturated rings. The maximum absolute atomic E-state index is 13.5.